The lowest BCUT2D eigenvalue weighted by Gasteiger charge is -2.19. The van der Waals surface area contributed by atoms with Crippen molar-refractivity contribution in [2.24, 2.45) is 0 Å². The molecule has 0 aliphatic heterocycles. The topological polar surface area (TPSA) is 58.2 Å². The van der Waals surface area contributed by atoms with Gasteiger partial charge in [-0.2, -0.15) is 0 Å². The van der Waals surface area contributed by atoms with Gasteiger partial charge in [0.25, 0.3) is 5.91 Å². The quantitative estimate of drug-likeness (QED) is 0.553. The summed E-state index contributed by atoms with van der Waals surface area (Å²) in [5.74, 6) is -0.384. The molecule has 5 heteroatoms. The molecule has 0 fully saturated rings. The van der Waals surface area contributed by atoms with Crippen LogP contribution in [0.5, 0.6) is 0 Å². The number of rotatable bonds is 6. The van der Waals surface area contributed by atoms with Gasteiger partial charge in [-0.3, -0.25) is 9.59 Å². The van der Waals surface area contributed by atoms with E-state index in [9.17, 15) is 9.59 Å². The summed E-state index contributed by atoms with van der Waals surface area (Å²) in [6.45, 7) is 1.99. The molecule has 4 nitrogen and oxygen atoms in total. The van der Waals surface area contributed by atoms with E-state index in [1.165, 1.54) is 0 Å². The van der Waals surface area contributed by atoms with E-state index in [0.717, 1.165) is 15.6 Å². The Kier molecular flexibility index (Phi) is 6.61. The zero-order valence-electron chi connectivity index (χ0n) is 15.5. The second-order valence-corrected chi connectivity index (χ2v) is 7.39. The molecule has 3 aromatic carbocycles. The maximum absolute atomic E-state index is 12.7. The Hall–Kier alpha value is -2.92. The molecule has 142 valence electrons. The molecule has 3 aromatic rings. The van der Waals surface area contributed by atoms with Gasteiger partial charge in [0.2, 0.25) is 5.91 Å². The monoisotopic (exact) mass is 436 g/mol. The van der Waals surface area contributed by atoms with Gasteiger partial charge in [-0.15, -0.1) is 0 Å². The molecule has 0 saturated carbocycles. The highest BCUT2D eigenvalue weighted by atomic mass is 79.9. The van der Waals surface area contributed by atoms with Crippen LogP contribution in [-0.4, -0.2) is 11.8 Å². The highest BCUT2D eigenvalue weighted by Gasteiger charge is 2.19. The lowest BCUT2D eigenvalue weighted by Crippen LogP contribution is -2.31. The van der Waals surface area contributed by atoms with Crippen molar-refractivity contribution >= 4 is 33.4 Å². The second-order valence-electron chi connectivity index (χ2n) is 6.54. The fourth-order valence-corrected chi connectivity index (χ4v) is 3.47. The van der Waals surface area contributed by atoms with Crippen LogP contribution in [0.25, 0.3) is 0 Å². The van der Waals surface area contributed by atoms with E-state index < -0.39 is 6.04 Å². The van der Waals surface area contributed by atoms with E-state index in [1.54, 1.807) is 12.1 Å². The number of benzene rings is 3. The molecule has 0 aliphatic carbocycles. The maximum atomic E-state index is 12.7. The van der Waals surface area contributed by atoms with Crippen LogP contribution in [0.4, 0.5) is 5.69 Å². The largest absolute Gasteiger partial charge is 0.345 e. The van der Waals surface area contributed by atoms with Gasteiger partial charge in [-0.05, 0) is 58.2 Å². The molecule has 0 spiro atoms. The van der Waals surface area contributed by atoms with Gasteiger partial charge >= 0.3 is 0 Å². The third-order valence-corrected chi connectivity index (χ3v) is 4.99. The first-order valence-electron chi connectivity index (χ1n) is 9.00. The van der Waals surface area contributed by atoms with Crippen LogP contribution < -0.4 is 10.6 Å². The molecule has 3 rings (SSSR count). The van der Waals surface area contributed by atoms with E-state index in [2.05, 4.69) is 26.6 Å². The molecule has 0 aliphatic rings. The van der Waals surface area contributed by atoms with Crippen LogP contribution in [0.1, 0.15) is 33.9 Å². The number of anilines is 1. The predicted molar refractivity (Wildman–Crippen MR) is 115 cm³/mol. The van der Waals surface area contributed by atoms with Crippen LogP contribution in [0, 0.1) is 6.92 Å². The summed E-state index contributed by atoms with van der Waals surface area (Å²) in [4.78, 5) is 25.3. The van der Waals surface area contributed by atoms with Gasteiger partial charge in [0.1, 0.15) is 0 Å². The first kappa shape index (κ1) is 19.8. The van der Waals surface area contributed by atoms with Gasteiger partial charge in [-0.25, -0.2) is 0 Å². The number of carbonyl (C=O) groups excluding carboxylic acids is 2. The number of carbonyl (C=O) groups is 2. The molecule has 0 bridgehead atoms. The maximum Gasteiger partial charge on any atom is 0.251 e. The van der Waals surface area contributed by atoms with Crippen molar-refractivity contribution in [1.29, 1.82) is 0 Å². The number of aryl methyl sites for hydroxylation is 1. The van der Waals surface area contributed by atoms with E-state index in [0.29, 0.717) is 11.3 Å². The molecule has 0 aromatic heterocycles. The third kappa shape index (κ3) is 5.30. The Labute approximate surface area is 173 Å². The van der Waals surface area contributed by atoms with Crippen molar-refractivity contribution in [1.82, 2.24) is 5.32 Å². The Morgan fingerprint density at radius 2 is 1.57 bits per heavy atom. The standard InChI is InChI=1S/C23H21BrN2O2/c1-16-12-13-20(19(24)14-16)25-22(27)15-21(17-8-4-2-5-9-17)26-23(28)18-10-6-3-7-11-18/h2-14,21H,15H2,1H3,(H,25,27)(H,26,28). The van der Waals surface area contributed by atoms with E-state index in [4.69, 9.17) is 0 Å². The zero-order valence-corrected chi connectivity index (χ0v) is 17.1. The summed E-state index contributed by atoms with van der Waals surface area (Å²) in [6.07, 6.45) is 0.128. The summed E-state index contributed by atoms with van der Waals surface area (Å²) in [5.41, 5.74) is 3.24. The van der Waals surface area contributed by atoms with Crippen molar-refractivity contribution in [2.45, 2.75) is 19.4 Å². The SMILES string of the molecule is Cc1ccc(NC(=O)CC(NC(=O)c2ccccc2)c2ccccc2)c(Br)c1. The van der Waals surface area contributed by atoms with Gasteiger partial charge in [0, 0.05) is 10.0 Å². The number of hydrogen-bond acceptors (Lipinski definition) is 2. The average molecular weight is 437 g/mol. The van der Waals surface area contributed by atoms with Crippen LogP contribution in [-0.2, 0) is 4.79 Å². The molecule has 0 saturated heterocycles. The Bertz CT molecular complexity index is 959. The van der Waals surface area contributed by atoms with Gasteiger partial charge in [0.05, 0.1) is 18.2 Å². The van der Waals surface area contributed by atoms with Crippen LogP contribution in [0.2, 0.25) is 0 Å². The Morgan fingerprint density at radius 1 is 0.929 bits per heavy atom. The van der Waals surface area contributed by atoms with Gasteiger partial charge < -0.3 is 10.6 Å². The minimum atomic E-state index is -0.432. The molecule has 2 amide bonds. The minimum Gasteiger partial charge on any atom is -0.345 e. The molecule has 2 N–H and O–H groups in total. The predicted octanol–water partition coefficient (Wildman–Crippen LogP) is 5.26. The first-order chi connectivity index (χ1) is 13.5. The molecule has 1 atom stereocenters. The summed E-state index contributed by atoms with van der Waals surface area (Å²) in [7, 11) is 0. The smallest absolute Gasteiger partial charge is 0.251 e. The molecular formula is C23H21BrN2O2. The lowest BCUT2D eigenvalue weighted by atomic mass is 10.0. The second kappa shape index (κ2) is 9.33. The summed E-state index contributed by atoms with van der Waals surface area (Å²) in [6, 6.07) is 23.8. The number of halogens is 1. The number of hydrogen-bond donors (Lipinski definition) is 2. The molecule has 28 heavy (non-hydrogen) atoms. The van der Waals surface area contributed by atoms with E-state index in [-0.39, 0.29) is 18.2 Å². The molecule has 0 heterocycles. The Balaban J connectivity index is 1.75. The normalized spacial score (nSPS) is 11.5. The fourth-order valence-electron chi connectivity index (χ4n) is 2.88. The van der Waals surface area contributed by atoms with Crippen molar-refractivity contribution in [3.63, 3.8) is 0 Å². The van der Waals surface area contributed by atoms with E-state index in [1.807, 2.05) is 73.7 Å². The lowest BCUT2D eigenvalue weighted by molar-refractivity contribution is -0.116. The van der Waals surface area contributed by atoms with Crippen LogP contribution in [0.3, 0.4) is 0 Å². The molecule has 1 unspecified atom stereocenters. The molecular weight excluding hydrogens is 416 g/mol. The van der Waals surface area contributed by atoms with Crippen molar-refractivity contribution in [3.05, 3.63) is 100 Å². The van der Waals surface area contributed by atoms with Crippen LogP contribution >= 0.6 is 15.9 Å². The van der Waals surface area contributed by atoms with E-state index >= 15 is 0 Å². The fraction of sp³-hybridized carbons (Fsp3) is 0.130. The van der Waals surface area contributed by atoms with Gasteiger partial charge in [0.15, 0.2) is 0 Å². The summed E-state index contributed by atoms with van der Waals surface area (Å²) < 4.78 is 0.824. The minimum absolute atomic E-state index is 0.128. The number of nitrogens with one attached hydrogen (secondary N) is 2. The summed E-state index contributed by atoms with van der Waals surface area (Å²) >= 11 is 3.47. The highest BCUT2D eigenvalue weighted by molar-refractivity contribution is 9.10. The van der Waals surface area contributed by atoms with Crippen molar-refractivity contribution in [2.75, 3.05) is 5.32 Å². The van der Waals surface area contributed by atoms with Crippen molar-refractivity contribution in [3.8, 4) is 0 Å². The third-order valence-electron chi connectivity index (χ3n) is 4.33. The first-order valence-corrected chi connectivity index (χ1v) is 9.79. The molecule has 0 radical (unpaired) electrons. The Morgan fingerprint density at radius 3 is 2.21 bits per heavy atom. The van der Waals surface area contributed by atoms with Crippen molar-refractivity contribution < 1.29 is 9.59 Å². The zero-order chi connectivity index (χ0) is 19.9. The average Bonchev–Trinajstić information content (AvgIpc) is 2.71. The summed E-state index contributed by atoms with van der Waals surface area (Å²) in [5, 5.41) is 5.89. The van der Waals surface area contributed by atoms with Gasteiger partial charge in [-0.1, -0.05) is 54.6 Å². The van der Waals surface area contributed by atoms with Crippen LogP contribution in [0.15, 0.2) is 83.3 Å². The number of amides is 2. The highest BCUT2D eigenvalue weighted by Crippen LogP contribution is 2.25.